The standard InChI is InChI=1S/C11H25NO/c1-4-5-6-7-8-10(2)12-11(3)9-13/h10-13H,4-9H2,1-3H3/t10-,11-/m1/s1. The molecule has 2 heteroatoms. The Morgan fingerprint density at radius 2 is 1.77 bits per heavy atom. The molecule has 0 aromatic rings. The maximum atomic E-state index is 8.83. The van der Waals surface area contributed by atoms with Gasteiger partial charge in [-0.1, -0.05) is 32.6 Å². The molecule has 80 valence electrons. The summed E-state index contributed by atoms with van der Waals surface area (Å²) in [5, 5.41) is 12.2. The van der Waals surface area contributed by atoms with Gasteiger partial charge in [0.15, 0.2) is 0 Å². The summed E-state index contributed by atoms with van der Waals surface area (Å²) in [6, 6.07) is 0.778. The molecule has 0 bridgehead atoms. The lowest BCUT2D eigenvalue weighted by molar-refractivity contribution is 0.240. The van der Waals surface area contributed by atoms with Crippen LogP contribution in [0.5, 0.6) is 0 Å². The maximum Gasteiger partial charge on any atom is 0.0582 e. The molecule has 0 saturated heterocycles. The van der Waals surface area contributed by atoms with E-state index in [0.29, 0.717) is 6.04 Å². The zero-order valence-electron chi connectivity index (χ0n) is 9.34. The van der Waals surface area contributed by atoms with Gasteiger partial charge in [0.25, 0.3) is 0 Å². The minimum Gasteiger partial charge on any atom is -0.395 e. The SMILES string of the molecule is CCCCCC[C@@H](C)N[C@H](C)CO. The van der Waals surface area contributed by atoms with Crippen molar-refractivity contribution in [3.8, 4) is 0 Å². The maximum absolute atomic E-state index is 8.83. The van der Waals surface area contributed by atoms with Crippen molar-refractivity contribution in [1.82, 2.24) is 5.32 Å². The molecule has 0 spiro atoms. The molecule has 0 aromatic heterocycles. The van der Waals surface area contributed by atoms with Gasteiger partial charge in [0, 0.05) is 12.1 Å². The molecule has 0 radical (unpaired) electrons. The highest BCUT2D eigenvalue weighted by Crippen LogP contribution is 2.05. The number of hydrogen-bond donors (Lipinski definition) is 2. The molecular weight excluding hydrogens is 162 g/mol. The molecule has 13 heavy (non-hydrogen) atoms. The molecule has 0 aliphatic rings. The summed E-state index contributed by atoms with van der Waals surface area (Å²) < 4.78 is 0. The van der Waals surface area contributed by atoms with Crippen LogP contribution in [0.1, 0.15) is 52.9 Å². The molecular formula is C11H25NO. The summed E-state index contributed by atoms with van der Waals surface area (Å²) in [4.78, 5) is 0. The summed E-state index contributed by atoms with van der Waals surface area (Å²) in [7, 11) is 0. The van der Waals surface area contributed by atoms with Crippen molar-refractivity contribution < 1.29 is 5.11 Å². The Bertz CT molecular complexity index is 106. The first-order chi connectivity index (χ1) is 6.20. The lowest BCUT2D eigenvalue weighted by atomic mass is 10.1. The number of aliphatic hydroxyl groups is 1. The summed E-state index contributed by atoms with van der Waals surface area (Å²) in [6.45, 7) is 6.68. The molecule has 0 aromatic carbocycles. The lowest BCUT2D eigenvalue weighted by Gasteiger charge is -2.17. The minimum atomic E-state index is 0.235. The number of hydrogen-bond acceptors (Lipinski definition) is 2. The Balaban J connectivity index is 3.24. The Morgan fingerprint density at radius 1 is 1.08 bits per heavy atom. The molecule has 0 heterocycles. The minimum absolute atomic E-state index is 0.235. The summed E-state index contributed by atoms with van der Waals surface area (Å²) in [5.74, 6) is 0. The third-order valence-electron chi connectivity index (χ3n) is 2.33. The van der Waals surface area contributed by atoms with Crippen molar-refractivity contribution in [3.05, 3.63) is 0 Å². The zero-order chi connectivity index (χ0) is 10.1. The van der Waals surface area contributed by atoms with E-state index < -0.39 is 0 Å². The third-order valence-corrected chi connectivity index (χ3v) is 2.33. The quantitative estimate of drug-likeness (QED) is 0.572. The van der Waals surface area contributed by atoms with E-state index in [0.717, 1.165) is 0 Å². The monoisotopic (exact) mass is 187 g/mol. The summed E-state index contributed by atoms with van der Waals surface area (Å²) in [5.41, 5.74) is 0. The Kier molecular flexibility index (Phi) is 8.46. The topological polar surface area (TPSA) is 32.3 Å². The van der Waals surface area contributed by atoms with Gasteiger partial charge in [0.2, 0.25) is 0 Å². The fraction of sp³-hybridized carbons (Fsp3) is 1.00. The Morgan fingerprint density at radius 3 is 2.31 bits per heavy atom. The predicted octanol–water partition coefficient (Wildman–Crippen LogP) is 2.32. The van der Waals surface area contributed by atoms with E-state index in [2.05, 4.69) is 19.2 Å². The molecule has 0 aliphatic carbocycles. The van der Waals surface area contributed by atoms with E-state index in [9.17, 15) is 0 Å². The molecule has 0 amide bonds. The molecule has 0 fully saturated rings. The highest BCUT2D eigenvalue weighted by atomic mass is 16.3. The largest absolute Gasteiger partial charge is 0.395 e. The molecule has 2 nitrogen and oxygen atoms in total. The Hall–Kier alpha value is -0.0800. The van der Waals surface area contributed by atoms with Gasteiger partial charge in [-0.25, -0.2) is 0 Å². The molecule has 2 N–H and O–H groups in total. The van der Waals surface area contributed by atoms with Crippen LogP contribution in [0, 0.1) is 0 Å². The van der Waals surface area contributed by atoms with Crippen LogP contribution in [0.15, 0.2) is 0 Å². The average molecular weight is 187 g/mol. The number of rotatable bonds is 8. The first kappa shape index (κ1) is 12.9. The van der Waals surface area contributed by atoms with Gasteiger partial charge in [-0.05, 0) is 20.3 Å². The molecule has 0 aliphatic heterocycles. The van der Waals surface area contributed by atoms with Gasteiger partial charge in [-0.2, -0.15) is 0 Å². The Labute approximate surface area is 82.7 Å². The van der Waals surface area contributed by atoms with Crippen molar-refractivity contribution in [3.63, 3.8) is 0 Å². The molecule has 0 saturated carbocycles. The van der Waals surface area contributed by atoms with Crippen LogP contribution >= 0.6 is 0 Å². The number of unbranched alkanes of at least 4 members (excludes halogenated alkanes) is 3. The first-order valence-electron chi connectivity index (χ1n) is 5.57. The molecule has 2 atom stereocenters. The normalized spacial score (nSPS) is 15.7. The molecule has 0 unspecified atom stereocenters. The fourth-order valence-electron chi connectivity index (χ4n) is 1.50. The molecule has 0 rings (SSSR count). The number of nitrogens with one attached hydrogen (secondary N) is 1. The highest BCUT2D eigenvalue weighted by molar-refractivity contribution is 4.66. The third kappa shape index (κ3) is 8.26. The van der Waals surface area contributed by atoms with Gasteiger partial charge in [0.05, 0.1) is 6.61 Å². The van der Waals surface area contributed by atoms with Crippen LogP contribution in [0.2, 0.25) is 0 Å². The second-order valence-electron chi connectivity index (χ2n) is 4.00. The van der Waals surface area contributed by atoms with Crippen LogP contribution in [0.25, 0.3) is 0 Å². The van der Waals surface area contributed by atoms with E-state index in [-0.39, 0.29) is 12.6 Å². The van der Waals surface area contributed by atoms with Gasteiger partial charge in [0.1, 0.15) is 0 Å². The van der Waals surface area contributed by atoms with Crippen LogP contribution in [-0.2, 0) is 0 Å². The number of aliphatic hydroxyl groups excluding tert-OH is 1. The van der Waals surface area contributed by atoms with Crippen molar-refractivity contribution in [2.24, 2.45) is 0 Å². The van der Waals surface area contributed by atoms with Gasteiger partial charge < -0.3 is 10.4 Å². The second-order valence-corrected chi connectivity index (χ2v) is 4.00. The van der Waals surface area contributed by atoms with Crippen LogP contribution in [0.4, 0.5) is 0 Å². The van der Waals surface area contributed by atoms with Crippen LogP contribution < -0.4 is 5.32 Å². The first-order valence-corrected chi connectivity index (χ1v) is 5.57. The van der Waals surface area contributed by atoms with E-state index in [4.69, 9.17) is 5.11 Å². The van der Waals surface area contributed by atoms with E-state index >= 15 is 0 Å². The summed E-state index contributed by atoms with van der Waals surface area (Å²) >= 11 is 0. The van der Waals surface area contributed by atoms with Crippen LogP contribution in [0.3, 0.4) is 0 Å². The van der Waals surface area contributed by atoms with Gasteiger partial charge >= 0.3 is 0 Å². The van der Waals surface area contributed by atoms with Crippen molar-refractivity contribution in [2.45, 2.75) is 65.0 Å². The lowest BCUT2D eigenvalue weighted by Crippen LogP contribution is -2.36. The second kappa shape index (κ2) is 8.52. The van der Waals surface area contributed by atoms with Crippen molar-refractivity contribution in [1.29, 1.82) is 0 Å². The zero-order valence-corrected chi connectivity index (χ0v) is 9.34. The average Bonchev–Trinajstić information content (AvgIpc) is 2.12. The van der Waals surface area contributed by atoms with Gasteiger partial charge in [-0.15, -0.1) is 0 Å². The fourth-order valence-corrected chi connectivity index (χ4v) is 1.50. The summed E-state index contributed by atoms with van der Waals surface area (Å²) in [6.07, 6.45) is 6.53. The van der Waals surface area contributed by atoms with E-state index in [1.54, 1.807) is 0 Å². The van der Waals surface area contributed by atoms with E-state index in [1.807, 2.05) is 6.92 Å². The van der Waals surface area contributed by atoms with Gasteiger partial charge in [-0.3, -0.25) is 0 Å². The van der Waals surface area contributed by atoms with Crippen molar-refractivity contribution >= 4 is 0 Å². The van der Waals surface area contributed by atoms with Crippen LogP contribution in [-0.4, -0.2) is 23.8 Å². The van der Waals surface area contributed by atoms with E-state index in [1.165, 1.54) is 32.1 Å². The highest BCUT2D eigenvalue weighted by Gasteiger charge is 2.04. The van der Waals surface area contributed by atoms with Crippen molar-refractivity contribution in [2.75, 3.05) is 6.61 Å². The predicted molar refractivity (Wildman–Crippen MR) is 57.9 cm³/mol. The smallest absolute Gasteiger partial charge is 0.0582 e.